The molecule has 0 spiro atoms. The molecule has 0 radical (unpaired) electrons. The smallest absolute Gasteiger partial charge is 0.357 e. The van der Waals surface area contributed by atoms with Crippen LogP contribution >= 0.6 is 0 Å². The van der Waals surface area contributed by atoms with Crippen molar-refractivity contribution in [3.05, 3.63) is 35.9 Å². The summed E-state index contributed by atoms with van der Waals surface area (Å²) in [6.07, 6.45) is -2.54. The van der Waals surface area contributed by atoms with Crippen molar-refractivity contribution in [3.63, 3.8) is 0 Å². The van der Waals surface area contributed by atoms with Gasteiger partial charge in [0, 0.05) is 13.7 Å². The van der Waals surface area contributed by atoms with E-state index in [2.05, 4.69) is 5.32 Å². The number of ether oxygens (including phenoxy) is 1. The minimum absolute atomic E-state index is 0.0469. The molecule has 3 nitrogen and oxygen atoms in total. The Morgan fingerprint density at radius 3 is 2.65 bits per heavy atom. The summed E-state index contributed by atoms with van der Waals surface area (Å²) in [5.74, 6) is -1.30. The molecule has 1 heterocycles. The molecule has 2 atom stereocenters. The number of carbonyl (C=O) groups is 1. The highest BCUT2D eigenvalue weighted by molar-refractivity contribution is 5.86. The van der Waals surface area contributed by atoms with Crippen LogP contribution in [0.1, 0.15) is 31.2 Å². The first kappa shape index (κ1) is 17.8. The Morgan fingerprint density at radius 1 is 1.35 bits per heavy atom. The lowest BCUT2D eigenvalue weighted by atomic mass is 9.84. The van der Waals surface area contributed by atoms with Crippen LogP contribution in [0.5, 0.6) is 0 Å². The summed E-state index contributed by atoms with van der Waals surface area (Å²) in [6.45, 7) is -0.0469. The van der Waals surface area contributed by atoms with Gasteiger partial charge in [-0.25, -0.2) is 0 Å². The molecule has 0 saturated carbocycles. The van der Waals surface area contributed by atoms with Gasteiger partial charge in [0.15, 0.2) is 0 Å². The van der Waals surface area contributed by atoms with Crippen LogP contribution in [0.15, 0.2) is 30.3 Å². The van der Waals surface area contributed by atoms with Gasteiger partial charge < -0.3 is 10.1 Å². The quantitative estimate of drug-likeness (QED) is 0.918. The fourth-order valence-electron chi connectivity index (χ4n) is 3.13. The molecule has 6 heteroatoms. The number of hydrogen-bond donors (Lipinski definition) is 1. The van der Waals surface area contributed by atoms with Crippen molar-refractivity contribution in [3.8, 4) is 0 Å². The monoisotopic (exact) mass is 329 g/mol. The van der Waals surface area contributed by atoms with Crippen molar-refractivity contribution in [2.45, 2.75) is 43.9 Å². The first-order chi connectivity index (χ1) is 10.9. The molecule has 1 aliphatic heterocycles. The molecule has 1 aromatic carbocycles. The standard InChI is InChI=1S/C17H22F3NO2/c1-21-15(22)16(17(18,19)20)12-14(8-5-11-23-16)10-9-13-6-3-2-4-7-13/h2-4,6-7,14H,5,8-12H2,1H3,(H,21,22)/t14-,16-/m0/s1. The second-order valence-electron chi connectivity index (χ2n) is 5.99. The van der Waals surface area contributed by atoms with E-state index in [0.29, 0.717) is 25.7 Å². The van der Waals surface area contributed by atoms with Crippen molar-refractivity contribution >= 4 is 5.91 Å². The summed E-state index contributed by atoms with van der Waals surface area (Å²) in [5.41, 5.74) is -1.63. The summed E-state index contributed by atoms with van der Waals surface area (Å²) in [7, 11) is 1.21. The predicted octanol–water partition coefficient (Wildman–Crippen LogP) is 3.48. The molecule has 128 valence electrons. The van der Waals surface area contributed by atoms with E-state index in [1.165, 1.54) is 7.05 Å². The van der Waals surface area contributed by atoms with Crippen LogP contribution in [0.2, 0.25) is 0 Å². The maximum atomic E-state index is 13.6. The highest BCUT2D eigenvalue weighted by Crippen LogP contribution is 2.42. The first-order valence-electron chi connectivity index (χ1n) is 7.86. The molecule has 0 unspecified atom stereocenters. The van der Waals surface area contributed by atoms with Crippen LogP contribution in [0.25, 0.3) is 0 Å². The second kappa shape index (κ2) is 7.34. The topological polar surface area (TPSA) is 38.3 Å². The Bertz CT molecular complexity index is 518. The van der Waals surface area contributed by atoms with Gasteiger partial charge in [-0.05, 0) is 43.6 Å². The van der Waals surface area contributed by atoms with Gasteiger partial charge in [0.25, 0.3) is 5.91 Å². The number of benzene rings is 1. The van der Waals surface area contributed by atoms with Crippen LogP contribution < -0.4 is 5.32 Å². The number of rotatable bonds is 4. The second-order valence-corrected chi connectivity index (χ2v) is 5.99. The van der Waals surface area contributed by atoms with Crippen molar-refractivity contribution in [2.75, 3.05) is 13.7 Å². The number of halogens is 3. The lowest BCUT2D eigenvalue weighted by Crippen LogP contribution is -2.58. The number of likely N-dealkylation sites (N-methyl/N-ethyl adjacent to an activating group) is 1. The minimum atomic E-state index is -4.72. The third kappa shape index (κ3) is 4.05. The molecular formula is C17H22F3NO2. The molecule has 0 aliphatic carbocycles. The van der Waals surface area contributed by atoms with E-state index in [1.807, 2.05) is 30.3 Å². The number of nitrogens with one attached hydrogen (secondary N) is 1. The number of amides is 1. The average Bonchev–Trinajstić information content (AvgIpc) is 2.76. The van der Waals surface area contributed by atoms with Crippen molar-refractivity contribution in [2.24, 2.45) is 5.92 Å². The summed E-state index contributed by atoms with van der Waals surface area (Å²) in [5, 5.41) is 2.12. The lowest BCUT2D eigenvalue weighted by molar-refractivity contribution is -0.269. The van der Waals surface area contributed by atoms with Gasteiger partial charge in [-0.15, -0.1) is 0 Å². The molecule has 1 fully saturated rings. The molecule has 23 heavy (non-hydrogen) atoms. The van der Waals surface area contributed by atoms with E-state index >= 15 is 0 Å². The van der Waals surface area contributed by atoms with Gasteiger partial charge >= 0.3 is 6.18 Å². The van der Waals surface area contributed by atoms with Crippen LogP contribution in [0.3, 0.4) is 0 Å². The maximum Gasteiger partial charge on any atom is 0.426 e. The van der Waals surface area contributed by atoms with Crippen LogP contribution in [-0.4, -0.2) is 31.3 Å². The Morgan fingerprint density at radius 2 is 2.04 bits per heavy atom. The van der Waals surface area contributed by atoms with E-state index < -0.39 is 17.7 Å². The molecule has 2 rings (SSSR count). The van der Waals surface area contributed by atoms with E-state index in [4.69, 9.17) is 4.74 Å². The third-order valence-corrected chi connectivity index (χ3v) is 4.42. The summed E-state index contributed by atoms with van der Waals surface area (Å²) < 4.78 is 45.7. The van der Waals surface area contributed by atoms with E-state index in [1.54, 1.807) is 0 Å². The normalized spacial score (nSPS) is 25.7. The number of carbonyl (C=O) groups excluding carboxylic acids is 1. The first-order valence-corrected chi connectivity index (χ1v) is 7.86. The molecule has 1 N–H and O–H groups in total. The Labute approximate surface area is 134 Å². The van der Waals surface area contributed by atoms with Crippen molar-refractivity contribution < 1.29 is 22.7 Å². The van der Waals surface area contributed by atoms with Gasteiger partial charge in [0.2, 0.25) is 5.60 Å². The zero-order chi connectivity index (χ0) is 16.9. The predicted molar refractivity (Wildman–Crippen MR) is 80.9 cm³/mol. The van der Waals surface area contributed by atoms with Crippen LogP contribution in [-0.2, 0) is 16.0 Å². The zero-order valence-corrected chi connectivity index (χ0v) is 13.2. The van der Waals surface area contributed by atoms with Crippen molar-refractivity contribution in [1.29, 1.82) is 0 Å². The lowest BCUT2D eigenvalue weighted by Gasteiger charge is -2.34. The van der Waals surface area contributed by atoms with E-state index in [0.717, 1.165) is 5.56 Å². The van der Waals surface area contributed by atoms with Gasteiger partial charge in [-0.1, -0.05) is 30.3 Å². The summed E-state index contributed by atoms with van der Waals surface area (Å²) >= 11 is 0. The molecule has 1 aromatic rings. The van der Waals surface area contributed by atoms with Gasteiger partial charge in [0.05, 0.1) is 0 Å². The molecular weight excluding hydrogens is 307 g/mol. The third-order valence-electron chi connectivity index (χ3n) is 4.42. The maximum absolute atomic E-state index is 13.6. The fourth-order valence-corrected chi connectivity index (χ4v) is 3.13. The number of aryl methyl sites for hydroxylation is 1. The van der Waals surface area contributed by atoms with Crippen molar-refractivity contribution in [1.82, 2.24) is 5.32 Å². The average molecular weight is 329 g/mol. The molecule has 1 aliphatic rings. The summed E-state index contributed by atoms with van der Waals surface area (Å²) in [6, 6.07) is 9.65. The Kier molecular flexibility index (Phi) is 5.68. The largest absolute Gasteiger partial charge is 0.426 e. The number of alkyl halides is 3. The van der Waals surface area contributed by atoms with Crippen LogP contribution in [0, 0.1) is 5.92 Å². The summed E-state index contributed by atoms with van der Waals surface area (Å²) in [4.78, 5) is 12.0. The van der Waals surface area contributed by atoms with Crippen LogP contribution in [0.4, 0.5) is 13.2 Å². The molecule has 1 amide bonds. The fraction of sp³-hybridized carbons (Fsp3) is 0.588. The SMILES string of the molecule is CNC(=O)[C@]1(C(F)(F)F)C[C@H](CCc2ccccc2)CCCO1. The molecule has 0 bridgehead atoms. The number of hydrogen-bond acceptors (Lipinski definition) is 2. The Balaban J connectivity index is 2.13. The van der Waals surface area contributed by atoms with Gasteiger partial charge in [-0.2, -0.15) is 13.2 Å². The van der Waals surface area contributed by atoms with E-state index in [-0.39, 0.29) is 18.9 Å². The highest BCUT2D eigenvalue weighted by Gasteiger charge is 2.62. The van der Waals surface area contributed by atoms with Gasteiger partial charge in [-0.3, -0.25) is 4.79 Å². The molecule has 1 saturated heterocycles. The highest BCUT2D eigenvalue weighted by atomic mass is 19.4. The van der Waals surface area contributed by atoms with Gasteiger partial charge in [0.1, 0.15) is 0 Å². The minimum Gasteiger partial charge on any atom is -0.357 e. The zero-order valence-electron chi connectivity index (χ0n) is 13.2. The molecule has 0 aromatic heterocycles. The Hall–Kier alpha value is -1.56. The van der Waals surface area contributed by atoms with E-state index in [9.17, 15) is 18.0 Å².